The van der Waals surface area contributed by atoms with E-state index in [1.807, 2.05) is 36.3 Å². The largest absolute Gasteiger partial charge is 0.372 e. The predicted octanol–water partition coefficient (Wildman–Crippen LogP) is 4.79. The van der Waals surface area contributed by atoms with Crippen molar-refractivity contribution in [2.45, 2.75) is 26.1 Å². The molecule has 166 valence electrons. The number of hydrogen-bond donors (Lipinski definition) is 1. The molecule has 0 spiro atoms. The summed E-state index contributed by atoms with van der Waals surface area (Å²) < 4.78 is 7.90. The fraction of sp³-hybridized carbons (Fsp3) is 0.269. The molecule has 1 aliphatic rings. The Morgan fingerprint density at radius 1 is 0.970 bits per heavy atom. The number of hydrogen-bond acceptors (Lipinski definition) is 5. The Balaban J connectivity index is 1.58. The van der Waals surface area contributed by atoms with Crippen LogP contribution in [0.1, 0.15) is 13.8 Å². The minimum Gasteiger partial charge on any atom is -0.372 e. The van der Waals surface area contributed by atoms with Crippen LogP contribution in [0.3, 0.4) is 0 Å². The van der Waals surface area contributed by atoms with Gasteiger partial charge in [0, 0.05) is 59.9 Å². The van der Waals surface area contributed by atoms with Crippen LogP contribution in [0.2, 0.25) is 0 Å². The molecule has 1 fully saturated rings. The number of morpholine rings is 1. The molecule has 5 aromatic rings. The number of benzene rings is 2. The van der Waals surface area contributed by atoms with Gasteiger partial charge in [-0.25, -0.2) is 9.97 Å². The Morgan fingerprint density at radius 3 is 2.61 bits per heavy atom. The maximum absolute atomic E-state index is 6.01. The third-order valence-corrected chi connectivity index (χ3v) is 6.35. The summed E-state index contributed by atoms with van der Waals surface area (Å²) in [6.45, 7) is 5.82. The molecule has 0 amide bonds. The zero-order chi connectivity index (χ0) is 22.5. The van der Waals surface area contributed by atoms with Crippen molar-refractivity contribution in [1.82, 2.24) is 24.7 Å². The van der Waals surface area contributed by atoms with Crippen molar-refractivity contribution in [3.63, 3.8) is 0 Å². The number of nitrogens with one attached hydrogen (secondary N) is 1. The second-order valence-electron chi connectivity index (χ2n) is 8.85. The summed E-state index contributed by atoms with van der Waals surface area (Å²) in [6, 6.07) is 16.7. The Bertz CT molecular complexity index is 1460. The fourth-order valence-electron chi connectivity index (χ4n) is 4.92. The molecule has 2 aromatic carbocycles. The Morgan fingerprint density at radius 2 is 1.82 bits per heavy atom. The van der Waals surface area contributed by atoms with Gasteiger partial charge in [0.25, 0.3) is 0 Å². The first-order valence-electron chi connectivity index (χ1n) is 11.3. The number of rotatable bonds is 3. The SMILES string of the molecule is C[C@@H]1CN(c2nc(-c3cccc4[nH]ccc34)nc3ccc(-c4ccnn4C)cc23)C[C@H](C)O1. The number of aryl methyl sites for hydroxylation is 1. The van der Waals surface area contributed by atoms with Crippen LogP contribution in [-0.2, 0) is 11.8 Å². The summed E-state index contributed by atoms with van der Waals surface area (Å²) in [5.41, 5.74) is 5.20. The Labute approximate surface area is 192 Å². The lowest BCUT2D eigenvalue weighted by molar-refractivity contribution is -0.00536. The molecule has 3 aromatic heterocycles. The van der Waals surface area contributed by atoms with Crippen LogP contribution in [0, 0.1) is 0 Å². The van der Waals surface area contributed by atoms with Crippen LogP contribution in [0.25, 0.3) is 44.5 Å². The number of aromatic nitrogens is 5. The van der Waals surface area contributed by atoms with E-state index < -0.39 is 0 Å². The summed E-state index contributed by atoms with van der Waals surface area (Å²) in [5.74, 6) is 1.69. The first-order chi connectivity index (χ1) is 16.1. The van der Waals surface area contributed by atoms with Crippen molar-refractivity contribution in [2.24, 2.45) is 7.05 Å². The molecule has 6 rings (SSSR count). The second kappa shape index (κ2) is 7.71. The van der Waals surface area contributed by atoms with Gasteiger partial charge in [0.05, 0.1) is 23.4 Å². The molecule has 0 aliphatic carbocycles. The molecule has 2 atom stereocenters. The summed E-state index contributed by atoms with van der Waals surface area (Å²) in [4.78, 5) is 15.8. The molecule has 0 radical (unpaired) electrons. The number of ether oxygens (including phenoxy) is 1. The maximum atomic E-state index is 6.01. The van der Waals surface area contributed by atoms with Crippen molar-refractivity contribution < 1.29 is 4.74 Å². The normalized spacial score (nSPS) is 18.9. The van der Waals surface area contributed by atoms with Crippen LogP contribution in [-0.4, -0.2) is 50.0 Å². The van der Waals surface area contributed by atoms with Crippen LogP contribution >= 0.6 is 0 Å². The van der Waals surface area contributed by atoms with Crippen LogP contribution in [0.4, 0.5) is 5.82 Å². The van der Waals surface area contributed by atoms with Gasteiger partial charge in [0.2, 0.25) is 0 Å². The minimum atomic E-state index is 0.135. The standard InChI is InChI=1S/C26H26N6O/c1-16-14-32(15-17(2)33-16)26-21-13-18(24-10-12-28-31(24)3)7-8-23(21)29-25(30-26)20-5-4-6-22-19(20)9-11-27-22/h4-13,16-17,27H,14-15H2,1-3H3/t16-,17+. The lowest BCUT2D eigenvalue weighted by Gasteiger charge is -2.36. The average Bonchev–Trinajstić information content (AvgIpc) is 3.46. The number of fused-ring (bicyclic) bond motifs is 2. The van der Waals surface area contributed by atoms with Crippen molar-refractivity contribution in [2.75, 3.05) is 18.0 Å². The molecule has 0 bridgehead atoms. The smallest absolute Gasteiger partial charge is 0.162 e. The Hall–Kier alpha value is -3.71. The van der Waals surface area contributed by atoms with E-state index in [0.717, 1.165) is 63.4 Å². The third-order valence-electron chi connectivity index (χ3n) is 6.35. The molecule has 33 heavy (non-hydrogen) atoms. The van der Waals surface area contributed by atoms with E-state index in [9.17, 15) is 0 Å². The van der Waals surface area contributed by atoms with E-state index >= 15 is 0 Å². The van der Waals surface area contributed by atoms with E-state index in [4.69, 9.17) is 14.7 Å². The van der Waals surface area contributed by atoms with E-state index in [-0.39, 0.29) is 12.2 Å². The highest BCUT2D eigenvalue weighted by atomic mass is 16.5. The number of H-pyrrole nitrogens is 1. The summed E-state index contributed by atoms with van der Waals surface area (Å²) >= 11 is 0. The number of aromatic amines is 1. The Kier molecular flexibility index (Phi) is 4.66. The molecular weight excluding hydrogens is 412 g/mol. The summed E-state index contributed by atoms with van der Waals surface area (Å²) in [5, 5.41) is 6.50. The lowest BCUT2D eigenvalue weighted by Crippen LogP contribution is -2.46. The van der Waals surface area contributed by atoms with Crippen molar-refractivity contribution >= 4 is 27.6 Å². The second-order valence-corrected chi connectivity index (χ2v) is 8.85. The van der Waals surface area contributed by atoms with Gasteiger partial charge in [-0.2, -0.15) is 5.10 Å². The van der Waals surface area contributed by atoms with Gasteiger partial charge >= 0.3 is 0 Å². The topological polar surface area (TPSA) is 71.9 Å². The van der Waals surface area contributed by atoms with Crippen LogP contribution < -0.4 is 4.90 Å². The van der Waals surface area contributed by atoms with E-state index in [0.29, 0.717) is 0 Å². The van der Waals surface area contributed by atoms with Gasteiger partial charge in [-0.15, -0.1) is 0 Å². The molecule has 7 nitrogen and oxygen atoms in total. The first kappa shape index (κ1) is 19.9. The quantitative estimate of drug-likeness (QED) is 0.438. The van der Waals surface area contributed by atoms with E-state index in [1.54, 1.807) is 0 Å². The van der Waals surface area contributed by atoms with Gasteiger partial charge in [-0.3, -0.25) is 4.68 Å². The summed E-state index contributed by atoms with van der Waals surface area (Å²) in [7, 11) is 1.96. The molecule has 7 heteroatoms. The predicted molar refractivity (Wildman–Crippen MR) is 131 cm³/mol. The zero-order valence-corrected chi connectivity index (χ0v) is 19.0. The van der Waals surface area contributed by atoms with Gasteiger partial charge < -0.3 is 14.6 Å². The van der Waals surface area contributed by atoms with Crippen molar-refractivity contribution in [3.8, 4) is 22.6 Å². The third kappa shape index (κ3) is 3.45. The molecule has 0 unspecified atom stereocenters. The number of anilines is 1. The molecule has 4 heterocycles. The highest BCUT2D eigenvalue weighted by Crippen LogP contribution is 2.34. The first-order valence-corrected chi connectivity index (χ1v) is 11.3. The highest BCUT2D eigenvalue weighted by molar-refractivity contribution is 5.98. The van der Waals surface area contributed by atoms with Gasteiger partial charge in [-0.05, 0) is 44.2 Å². The zero-order valence-electron chi connectivity index (χ0n) is 19.0. The highest BCUT2D eigenvalue weighted by Gasteiger charge is 2.26. The van der Waals surface area contributed by atoms with Crippen LogP contribution in [0.5, 0.6) is 0 Å². The molecule has 1 aliphatic heterocycles. The summed E-state index contributed by atoms with van der Waals surface area (Å²) in [6.07, 6.45) is 4.05. The van der Waals surface area contributed by atoms with Gasteiger partial charge in [0.1, 0.15) is 5.82 Å². The van der Waals surface area contributed by atoms with E-state index in [1.165, 1.54) is 0 Å². The monoisotopic (exact) mass is 438 g/mol. The molecule has 1 N–H and O–H groups in total. The molecular formula is C26H26N6O. The molecule has 1 saturated heterocycles. The molecule has 0 saturated carbocycles. The van der Waals surface area contributed by atoms with E-state index in [2.05, 4.69) is 65.2 Å². The van der Waals surface area contributed by atoms with Gasteiger partial charge in [-0.1, -0.05) is 18.2 Å². The minimum absolute atomic E-state index is 0.135. The fourth-order valence-corrected chi connectivity index (χ4v) is 4.92. The van der Waals surface area contributed by atoms with Crippen molar-refractivity contribution in [1.29, 1.82) is 0 Å². The average molecular weight is 439 g/mol. The number of nitrogens with zero attached hydrogens (tertiary/aromatic N) is 5. The lowest BCUT2D eigenvalue weighted by atomic mass is 10.1. The van der Waals surface area contributed by atoms with Gasteiger partial charge in [0.15, 0.2) is 5.82 Å². The van der Waals surface area contributed by atoms with Crippen molar-refractivity contribution in [3.05, 3.63) is 60.9 Å². The van der Waals surface area contributed by atoms with Crippen LogP contribution in [0.15, 0.2) is 60.9 Å². The maximum Gasteiger partial charge on any atom is 0.162 e.